The van der Waals surface area contributed by atoms with E-state index in [0.29, 0.717) is 62.3 Å². The van der Waals surface area contributed by atoms with Crippen molar-refractivity contribution in [2.75, 3.05) is 32.9 Å². The van der Waals surface area contributed by atoms with Gasteiger partial charge in [-0.05, 0) is 51.3 Å². The van der Waals surface area contributed by atoms with Gasteiger partial charge in [0.05, 0.1) is 19.8 Å². The molecule has 0 N–H and O–H groups in total. The molecule has 2 aliphatic rings. The molecular weight excluding hydrogens is 396 g/mol. The van der Waals surface area contributed by atoms with Gasteiger partial charge in [-0.15, -0.1) is 0 Å². The molecule has 1 aromatic carbocycles. The molecule has 7 nitrogen and oxygen atoms in total. The lowest BCUT2D eigenvalue weighted by molar-refractivity contribution is 0.0593. The van der Waals surface area contributed by atoms with Crippen LogP contribution in [0.25, 0.3) is 0 Å². The van der Waals surface area contributed by atoms with E-state index in [4.69, 9.17) is 14.2 Å². The van der Waals surface area contributed by atoms with Crippen molar-refractivity contribution in [3.8, 4) is 17.2 Å². The van der Waals surface area contributed by atoms with Crippen LogP contribution in [0.15, 0.2) is 35.1 Å². The van der Waals surface area contributed by atoms with Gasteiger partial charge in [0.25, 0.3) is 11.5 Å². The van der Waals surface area contributed by atoms with Gasteiger partial charge in [0.15, 0.2) is 11.5 Å². The topological polar surface area (TPSA) is 70.0 Å². The standard InChI is InChI=1S/C24H30N2O5/c1-4-29-20-11-17(12-21(30-5-2)23(20)31-6-3)24(28)25-13-16-10-18(15-25)19-8-7-9-22(27)26(19)14-16/h7-9,11-12,16,18H,4-6,10,13-15H2,1-3H3. The maximum Gasteiger partial charge on any atom is 0.254 e. The zero-order valence-corrected chi connectivity index (χ0v) is 18.4. The van der Waals surface area contributed by atoms with E-state index in [-0.39, 0.29) is 23.3 Å². The second kappa shape index (κ2) is 9.04. The van der Waals surface area contributed by atoms with Gasteiger partial charge >= 0.3 is 0 Å². The van der Waals surface area contributed by atoms with E-state index < -0.39 is 0 Å². The molecule has 1 amide bonds. The average Bonchev–Trinajstić information content (AvgIpc) is 2.76. The van der Waals surface area contributed by atoms with E-state index in [1.807, 2.05) is 42.4 Å². The molecule has 0 spiro atoms. The number of aromatic nitrogens is 1. The first-order valence-electron chi connectivity index (χ1n) is 11.1. The second-order valence-corrected chi connectivity index (χ2v) is 8.01. The van der Waals surface area contributed by atoms with Crippen LogP contribution in [0.5, 0.6) is 17.2 Å². The first-order valence-corrected chi connectivity index (χ1v) is 11.1. The summed E-state index contributed by atoms with van der Waals surface area (Å²) in [6.07, 6.45) is 1.00. The summed E-state index contributed by atoms with van der Waals surface area (Å²) in [7, 11) is 0. The van der Waals surface area contributed by atoms with Crippen LogP contribution >= 0.6 is 0 Å². The minimum Gasteiger partial charge on any atom is -0.490 e. The molecule has 2 unspecified atom stereocenters. The summed E-state index contributed by atoms with van der Waals surface area (Å²) in [5.74, 6) is 1.97. The van der Waals surface area contributed by atoms with Crippen LogP contribution in [-0.4, -0.2) is 48.3 Å². The van der Waals surface area contributed by atoms with E-state index in [1.54, 1.807) is 18.2 Å². The summed E-state index contributed by atoms with van der Waals surface area (Å²) < 4.78 is 19.2. The maximum atomic E-state index is 13.5. The maximum absolute atomic E-state index is 13.5. The molecule has 0 radical (unpaired) electrons. The van der Waals surface area contributed by atoms with Crippen molar-refractivity contribution in [3.63, 3.8) is 0 Å². The molecule has 2 atom stereocenters. The van der Waals surface area contributed by atoms with Crippen molar-refractivity contribution in [1.29, 1.82) is 0 Å². The Bertz CT molecular complexity index is 988. The number of piperidine rings is 1. The van der Waals surface area contributed by atoms with Gasteiger partial charge in [0.1, 0.15) is 0 Å². The molecule has 31 heavy (non-hydrogen) atoms. The SMILES string of the molecule is CCOc1cc(C(=O)N2CC3CC(C2)c2cccc(=O)n2C3)cc(OCC)c1OCC. The third kappa shape index (κ3) is 4.13. The Morgan fingerprint density at radius 1 is 0.968 bits per heavy atom. The largest absolute Gasteiger partial charge is 0.490 e. The van der Waals surface area contributed by atoms with Gasteiger partial charge < -0.3 is 23.7 Å². The molecular formula is C24H30N2O5. The lowest BCUT2D eigenvalue weighted by Crippen LogP contribution is -2.49. The molecule has 0 saturated carbocycles. The highest BCUT2D eigenvalue weighted by molar-refractivity contribution is 5.95. The van der Waals surface area contributed by atoms with E-state index in [2.05, 4.69) is 0 Å². The fraction of sp³-hybridized carbons (Fsp3) is 0.500. The van der Waals surface area contributed by atoms with Gasteiger partial charge in [-0.3, -0.25) is 9.59 Å². The number of fused-ring (bicyclic) bond motifs is 4. The van der Waals surface area contributed by atoms with E-state index in [0.717, 1.165) is 12.1 Å². The third-order valence-corrected chi connectivity index (χ3v) is 5.92. The van der Waals surface area contributed by atoms with Crippen LogP contribution in [0.1, 0.15) is 49.2 Å². The lowest BCUT2D eigenvalue weighted by Gasteiger charge is -2.42. The quantitative estimate of drug-likeness (QED) is 0.679. The molecule has 3 heterocycles. The van der Waals surface area contributed by atoms with Crippen molar-refractivity contribution < 1.29 is 19.0 Å². The van der Waals surface area contributed by atoms with E-state index >= 15 is 0 Å². The summed E-state index contributed by atoms with van der Waals surface area (Å²) in [4.78, 5) is 27.7. The van der Waals surface area contributed by atoms with Crippen molar-refractivity contribution in [3.05, 3.63) is 51.9 Å². The number of amides is 1. The summed E-state index contributed by atoms with van der Waals surface area (Å²) in [5.41, 5.74) is 1.60. The summed E-state index contributed by atoms with van der Waals surface area (Å²) in [6, 6.07) is 8.93. The molecule has 2 bridgehead atoms. The van der Waals surface area contributed by atoms with Gasteiger partial charge in [0.2, 0.25) is 5.75 Å². The van der Waals surface area contributed by atoms with Gasteiger partial charge in [-0.1, -0.05) is 6.07 Å². The highest BCUT2D eigenvalue weighted by Gasteiger charge is 2.36. The van der Waals surface area contributed by atoms with Gasteiger partial charge in [-0.2, -0.15) is 0 Å². The van der Waals surface area contributed by atoms with Crippen molar-refractivity contribution in [1.82, 2.24) is 9.47 Å². The number of hydrogen-bond donors (Lipinski definition) is 0. The fourth-order valence-corrected chi connectivity index (χ4v) is 4.76. The van der Waals surface area contributed by atoms with Crippen LogP contribution in [-0.2, 0) is 6.54 Å². The van der Waals surface area contributed by atoms with Crippen molar-refractivity contribution in [2.24, 2.45) is 5.92 Å². The fourth-order valence-electron chi connectivity index (χ4n) is 4.76. The highest BCUT2D eigenvalue weighted by atomic mass is 16.5. The molecule has 1 fully saturated rings. The Labute approximate surface area is 182 Å². The molecule has 2 aromatic rings. The number of hydrogen-bond acceptors (Lipinski definition) is 5. The van der Waals surface area contributed by atoms with Crippen LogP contribution in [0.4, 0.5) is 0 Å². The summed E-state index contributed by atoms with van der Waals surface area (Å²) in [5, 5.41) is 0. The molecule has 7 heteroatoms. The number of nitrogens with zero attached hydrogens (tertiary/aromatic N) is 2. The van der Waals surface area contributed by atoms with Crippen LogP contribution < -0.4 is 19.8 Å². The van der Waals surface area contributed by atoms with Crippen LogP contribution in [0.2, 0.25) is 0 Å². The summed E-state index contributed by atoms with van der Waals surface area (Å²) in [6.45, 7) is 8.99. The zero-order valence-electron chi connectivity index (χ0n) is 18.4. The number of ether oxygens (including phenoxy) is 3. The van der Waals surface area contributed by atoms with Crippen LogP contribution in [0.3, 0.4) is 0 Å². The Kier molecular flexibility index (Phi) is 6.20. The zero-order chi connectivity index (χ0) is 22.0. The average molecular weight is 427 g/mol. The monoisotopic (exact) mass is 426 g/mol. The van der Waals surface area contributed by atoms with Gasteiger partial charge in [0, 0.05) is 42.9 Å². The molecule has 1 saturated heterocycles. The molecule has 4 rings (SSSR count). The lowest BCUT2D eigenvalue weighted by atomic mass is 9.83. The second-order valence-electron chi connectivity index (χ2n) is 8.01. The molecule has 1 aromatic heterocycles. The van der Waals surface area contributed by atoms with Gasteiger partial charge in [-0.25, -0.2) is 0 Å². The Hall–Kier alpha value is -2.96. The number of carbonyl (C=O) groups is 1. The van der Waals surface area contributed by atoms with Crippen molar-refractivity contribution >= 4 is 5.91 Å². The minimum atomic E-state index is -0.0496. The number of likely N-dealkylation sites (tertiary alicyclic amines) is 1. The van der Waals surface area contributed by atoms with Crippen LogP contribution in [0, 0.1) is 5.92 Å². The van der Waals surface area contributed by atoms with E-state index in [9.17, 15) is 9.59 Å². The summed E-state index contributed by atoms with van der Waals surface area (Å²) >= 11 is 0. The Morgan fingerprint density at radius 3 is 2.29 bits per heavy atom. The first kappa shape index (κ1) is 21.3. The molecule has 166 valence electrons. The number of pyridine rings is 1. The molecule has 0 aliphatic carbocycles. The third-order valence-electron chi connectivity index (χ3n) is 5.92. The highest BCUT2D eigenvalue weighted by Crippen LogP contribution is 2.40. The number of carbonyl (C=O) groups excluding carboxylic acids is 1. The Morgan fingerprint density at radius 2 is 1.65 bits per heavy atom. The normalized spacial score (nSPS) is 19.5. The van der Waals surface area contributed by atoms with E-state index in [1.165, 1.54) is 0 Å². The number of benzene rings is 1. The molecule has 2 aliphatic heterocycles. The predicted molar refractivity (Wildman–Crippen MR) is 117 cm³/mol. The smallest absolute Gasteiger partial charge is 0.254 e. The van der Waals surface area contributed by atoms with Crippen molar-refractivity contribution in [2.45, 2.75) is 39.7 Å². The Balaban J connectivity index is 1.64. The minimum absolute atomic E-state index is 0.0428. The number of rotatable bonds is 7. The first-order chi connectivity index (χ1) is 15.0. The predicted octanol–water partition coefficient (Wildman–Crippen LogP) is 3.30.